The number of likely N-dealkylation sites (tertiary alicyclic amines) is 1. The van der Waals surface area contributed by atoms with Gasteiger partial charge in [-0.15, -0.1) is 0 Å². The number of fused-ring (bicyclic) bond motifs is 1. The molecule has 8 nitrogen and oxygen atoms in total. The number of carboxylic acid groups (broad SMARTS) is 1. The molecule has 3 heterocycles. The summed E-state index contributed by atoms with van der Waals surface area (Å²) in [4.78, 5) is 21.4. The molecule has 134 valence electrons. The third-order valence-electron chi connectivity index (χ3n) is 4.80. The van der Waals surface area contributed by atoms with Gasteiger partial charge in [-0.3, -0.25) is 9.69 Å². The molecule has 0 bridgehead atoms. The first-order chi connectivity index (χ1) is 12.5. The summed E-state index contributed by atoms with van der Waals surface area (Å²) in [7, 11) is 0. The zero-order chi connectivity index (χ0) is 18.3. The third kappa shape index (κ3) is 2.84. The molecular weight excluding hydrogens is 334 g/mol. The van der Waals surface area contributed by atoms with Gasteiger partial charge in [-0.05, 0) is 24.1 Å². The maximum atomic E-state index is 11.0. The number of phenols is 1. The predicted octanol–water partition coefficient (Wildman–Crippen LogP) is 1.72. The average molecular weight is 353 g/mol. The van der Waals surface area contributed by atoms with Crippen LogP contribution in [0.15, 0.2) is 36.8 Å². The van der Waals surface area contributed by atoms with Crippen LogP contribution >= 0.6 is 0 Å². The second kappa shape index (κ2) is 6.30. The van der Waals surface area contributed by atoms with E-state index in [9.17, 15) is 9.90 Å². The molecule has 1 aromatic carbocycles. The number of aromatic hydroxyl groups is 1. The minimum absolute atomic E-state index is 0.0340. The molecule has 1 atom stereocenters. The fourth-order valence-electron chi connectivity index (χ4n) is 3.65. The van der Waals surface area contributed by atoms with Crippen molar-refractivity contribution in [3.63, 3.8) is 0 Å². The van der Waals surface area contributed by atoms with Gasteiger partial charge in [0, 0.05) is 30.9 Å². The molecule has 0 saturated carbocycles. The molecule has 8 heteroatoms. The van der Waals surface area contributed by atoms with E-state index in [2.05, 4.69) is 14.5 Å². The average Bonchev–Trinajstić information content (AvgIpc) is 3.19. The minimum Gasteiger partial charge on any atom is -0.508 e. The topological polar surface area (TPSA) is 118 Å². The Labute approximate surface area is 149 Å². The molecule has 3 aromatic rings. The Morgan fingerprint density at radius 2 is 2.19 bits per heavy atom. The van der Waals surface area contributed by atoms with E-state index in [0.29, 0.717) is 12.4 Å². The Hall–Kier alpha value is -3.13. The molecule has 2 aromatic heterocycles. The SMILES string of the molecule is Nc1ncnc2c1c(-c1cccc(O)c1)cn2C1CCN(CC(=O)O)C1. The maximum Gasteiger partial charge on any atom is 0.317 e. The van der Waals surface area contributed by atoms with Crippen molar-refractivity contribution in [3.05, 3.63) is 36.8 Å². The van der Waals surface area contributed by atoms with Crippen molar-refractivity contribution in [2.24, 2.45) is 0 Å². The lowest BCUT2D eigenvalue weighted by Crippen LogP contribution is -2.27. The van der Waals surface area contributed by atoms with Gasteiger partial charge >= 0.3 is 5.97 Å². The highest BCUT2D eigenvalue weighted by Gasteiger charge is 2.28. The number of carboxylic acids is 1. The first-order valence-electron chi connectivity index (χ1n) is 8.37. The Kier molecular flexibility index (Phi) is 3.96. The summed E-state index contributed by atoms with van der Waals surface area (Å²) < 4.78 is 2.05. The van der Waals surface area contributed by atoms with Gasteiger partial charge in [0.1, 0.15) is 23.5 Å². The van der Waals surface area contributed by atoms with Gasteiger partial charge in [0.05, 0.1) is 11.9 Å². The Morgan fingerprint density at radius 3 is 2.96 bits per heavy atom. The summed E-state index contributed by atoms with van der Waals surface area (Å²) in [5.74, 6) is -0.269. The molecule has 1 saturated heterocycles. The van der Waals surface area contributed by atoms with Crippen LogP contribution in [0.1, 0.15) is 12.5 Å². The van der Waals surface area contributed by atoms with E-state index in [0.717, 1.165) is 35.1 Å². The molecule has 4 rings (SSSR count). The molecule has 0 aliphatic carbocycles. The maximum absolute atomic E-state index is 11.0. The normalized spacial score (nSPS) is 17.8. The standard InChI is InChI=1S/C18H19N5O3/c19-17-16-14(11-2-1-3-13(24)6-11)8-23(18(16)21-10-20-17)12-4-5-22(7-12)9-15(25)26/h1-3,6,8,10,12,24H,4-5,7,9H2,(H,25,26)(H2,19,20,21). The molecule has 4 N–H and O–H groups in total. The van der Waals surface area contributed by atoms with E-state index in [-0.39, 0.29) is 18.3 Å². The van der Waals surface area contributed by atoms with Crippen molar-refractivity contribution < 1.29 is 15.0 Å². The molecule has 1 fully saturated rings. The number of benzene rings is 1. The monoisotopic (exact) mass is 353 g/mol. The fraction of sp³-hybridized carbons (Fsp3) is 0.278. The van der Waals surface area contributed by atoms with Gasteiger partial charge in [0.15, 0.2) is 0 Å². The van der Waals surface area contributed by atoms with Crippen molar-refractivity contribution in [2.45, 2.75) is 12.5 Å². The van der Waals surface area contributed by atoms with Crippen molar-refractivity contribution in [3.8, 4) is 16.9 Å². The van der Waals surface area contributed by atoms with Gasteiger partial charge in [-0.1, -0.05) is 12.1 Å². The number of rotatable bonds is 4. The molecule has 0 amide bonds. The highest BCUT2D eigenvalue weighted by Crippen LogP contribution is 2.37. The lowest BCUT2D eigenvalue weighted by Gasteiger charge is -2.15. The summed E-state index contributed by atoms with van der Waals surface area (Å²) in [6.07, 6.45) is 4.24. The minimum atomic E-state index is -0.824. The fourth-order valence-corrected chi connectivity index (χ4v) is 3.65. The summed E-state index contributed by atoms with van der Waals surface area (Å²) >= 11 is 0. The Morgan fingerprint density at radius 1 is 1.35 bits per heavy atom. The van der Waals surface area contributed by atoms with Gasteiger partial charge in [-0.25, -0.2) is 9.97 Å². The Bertz CT molecular complexity index is 984. The smallest absolute Gasteiger partial charge is 0.317 e. The van der Waals surface area contributed by atoms with E-state index >= 15 is 0 Å². The second-order valence-corrected chi connectivity index (χ2v) is 6.53. The number of anilines is 1. The quantitative estimate of drug-likeness (QED) is 0.653. The van der Waals surface area contributed by atoms with Crippen LogP contribution in [0.4, 0.5) is 5.82 Å². The number of hydrogen-bond donors (Lipinski definition) is 3. The van der Waals surface area contributed by atoms with Crippen LogP contribution in [0.25, 0.3) is 22.2 Å². The van der Waals surface area contributed by atoms with Gasteiger partial charge in [0.2, 0.25) is 0 Å². The molecule has 1 aliphatic rings. The molecule has 0 spiro atoms. The van der Waals surface area contributed by atoms with Crippen molar-refractivity contribution in [1.82, 2.24) is 19.4 Å². The van der Waals surface area contributed by atoms with Crippen LogP contribution in [-0.2, 0) is 4.79 Å². The number of hydrogen-bond acceptors (Lipinski definition) is 6. The zero-order valence-corrected chi connectivity index (χ0v) is 14.0. The first kappa shape index (κ1) is 16.3. The van der Waals surface area contributed by atoms with Gasteiger partial charge < -0.3 is 20.5 Å². The lowest BCUT2D eigenvalue weighted by molar-refractivity contribution is -0.138. The second-order valence-electron chi connectivity index (χ2n) is 6.53. The van der Waals surface area contributed by atoms with Crippen LogP contribution in [0, 0.1) is 0 Å². The van der Waals surface area contributed by atoms with E-state index < -0.39 is 5.97 Å². The number of carbonyl (C=O) groups is 1. The van der Waals surface area contributed by atoms with Crippen LogP contribution in [0.3, 0.4) is 0 Å². The molecule has 0 radical (unpaired) electrons. The van der Waals surface area contributed by atoms with Gasteiger partial charge in [0.25, 0.3) is 0 Å². The Balaban J connectivity index is 1.80. The number of nitrogens with zero attached hydrogens (tertiary/aromatic N) is 4. The highest BCUT2D eigenvalue weighted by molar-refractivity contribution is 6.00. The van der Waals surface area contributed by atoms with Crippen molar-refractivity contribution in [1.29, 1.82) is 0 Å². The van der Waals surface area contributed by atoms with Crippen molar-refractivity contribution in [2.75, 3.05) is 25.4 Å². The number of nitrogen functional groups attached to an aromatic ring is 1. The summed E-state index contributed by atoms with van der Waals surface area (Å²) in [5.41, 5.74) is 8.52. The molecule has 26 heavy (non-hydrogen) atoms. The predicted molar refractivity (Wildman–Crippen MR) is 96.8 cm³/mol. The zero-order valence-electron chi connectivity index (χ0n) is 14.0. The molecule has 1 unspecified atom stereocenters. The summed E-state index contributed by atoms with van der Waals surface area (Å²) in [5, 5.41) is 19.6. The van der Waals surface area contributed by atoms with E-state index in [1.807, 2.05) is 17.2 Å². The summed E-state index contributed by atoms with van der Waals surface area (Å²) in [6, 6.07) is 7.08. The number of phenolic OH excluding ortho intramolecular Hbond substituents is 1. The number of aliphatic carboxylic acids is 1. The summed E-state index contributed by atoms with van der Waals surface area (Å²) in [6.45, 7) is 1.39. The third-order valence-corrected chi connectivity index (χ3v) is 4.80. The highest BCUT2D eigenvalue weighted by atomic mass is 16.4. The lowest BCUT2D eigenvalue weighted by atomic mass is 10.1. The van der Waals surface area contributed by atoms with Crippen molar-refractivity contribution >= 4 is 22.8 Å². The van der Waals surface area contributed by atoms with Crippen LogP contribution in [0.2, 0.25) is 0 Å². The first-order valence-corrected chi connectivity index (χ1v) is 8.37. The van der Waals surface area contributed by atoms with Crippen LogP contribution in [-0.4, -0.2) is 55.3 Å². The van der Waals surface area contributed by atoms with E-state index in [1.54, 1.807) is 18.2 Å². The van der Waals surface area contributed by atoms with Crippen LogP contribution in [0.5, 0.6) is 5.75 Å². The van der Waals surface area contributed by atoms with Crippen LogP contribution < -0.4 is 5.73 Å². The van der Waals surface area contributed by atoms with E-state index in [4.69, 9.17) is 10.8 Å². The molecular formula is C18H19N5O3. The largest absolute Gasteiger partial charge is 0.508 e. The number of nitrogens with two attached hydrogens (primary N) is 1. The van der Waals surface area contributed by atoms with Gasteiger partial charge in [-0.2, -0.15) is 0 Å². The van der Waals surface area contributed by atoms with E-state index in [1.165, 1.54) is 6.33 Å². The molecule has 1 aliphatic heterocycles. The number of aromatic nitrogens is 3.